The van der Waals surface area contributed by atoms with Crippen LogP contribution in [0, 0.1) is 5.82 Å². The van der Waals surface area contributed by atoms with Crippen LogP contribution in [0.25, 0.3) is 0 Å². The second-order valence-corrected chi connectivity index (χ2v) is 6.81. The fraction of sp³-hybridized carbons (Fsp3) is 0.125. The highest BCUT2D eigenvalue weighted by atomic mass is 32.2. The summed E-state index contributed by atoms with van der Waals surface area (Å²) in [5.74, 6) is -0.424. The van der Waals surface area contributed by atoms with Gasteiger partial charge in [-0.15, -0.1) is 4.40 Å². The molecule has 0 spiro atoms. The summed E-state index contributed by atoms with van der Waals surface area (Å²) in [4.78, 5) is 0.00537. The normalized spacial score (nSPS) is 15.1. The molecule has 1 aliphatic rings. The van der Waals surface area contributed by atoms with Crippen LogP contribution in [-0.2, 0) is 10.0 Å². The summed E-state index contributed by atoms with van der Waals surface area (Å²) in [5.41, 5.74) is 0.819. The molecule has 130 valence electrons. The minimum Gasteiger partial charge on any atom is -0.508 e. The number of amidine groups is 1. The van der Waals surface area contributed by atoms with Gasteiger partial charge in [-0.1, -0.05) is 6.07 Å². The Morgan fingerprint density at radius 1 is 1.28 bits per heavy atom. The van der Waals surface area contributed by atoms with Crippen LogP contribution in [0.5, 0.6) is 11.5 Å². The SMILES string of the molecule is COc1cc(/C=N/N(C)C2=NS(=O)(=O)c3ccc(O)cc32)ccc1F. The van der Waals surface area contributed by atoms with E-state index in [0.29, 0.717) is 5.56 Å². The highest BCUT2D eigenvalue weighted by molar-refractivity contribution is 7.90. The van der Waals surface area contributed by atoms with Gasteiger partial charge >= 0.3 is 0 Å². The van der Waals surface area contributed by atoms with Crippen molar-refractivity contribution in [2.45, 2.75) is 4.90 Å². The molecule has 1 aliphatic heterocycles. The van der Waals surface area contributed by atoms with Crippen molar-refractivity contribution < 1.29 is 22.7 Å². The molecule has 0 radical (unpaired) electrons. The Kier molecular flexibility index (Phi) is 4.17. The molecule has 9 heteroatoms. The number of benzene rings is 2. The Morgan fingerprint density at radius 2 is 2.04 bits per heavy atom. The lowest BCUT2D eigenvalue weighted by Crippen LogP contribution is -2.21. The quantitative estimate of drug-likeness (QED) is 0.665. The maximum atomic E-state index is 13.4. The molecule has 1 N–H and O–H groups in total. The number of phenols is 1. The molecule has 0 aromatic heterocycles. The van der Waals surface area contributed by atoms with Gasteiger partial charge in [0.15, 0.2) is 17.4 Å². The molecule has 0 aliphatic carbocycles. The van der Waals surface area contributed by atoms with Gasteiger partial charge in [0, 0.05) is 12.6 Å². The Morgan fingerprint density at radius 3 is 2.76 bits per heavy atom. The lowest BCUT2D eigenvalue weighted by molar-refractivity contribution is 0.386. The molecular weight excluding hydrogens is 349 g/mol. The molecule has 0 amide bonds. The monoisotopic (exact) mass is 363 g/mol. The van der Waals surface area contributed by atoms with E-state index in [0.717, 1.165) is 0 Å². The van der Waals surface area contributed by atoms with E-state index in [-0.39, 0.29) is 27.8 Å². The van der Waals surface area contributed by atoms with Gasteiger partial charge < -0.3 is 9.84 Å². The first kappa shape index (κ1) is 16.9. The summed E-state index contributed by atoms with van der Waals surface area (Å²) < 4.78 is 46.1. The zero-order valence-corrected chi connectivity index (χ0v) is 14.2. The van der Waals surface area contributed by atoms with E-state index in [2.05, 4.69) is 9.50 Å². The van der Waals surface area contributed by atoms with Crippen molar-refractivity contribution in [3.05, 3.63) is 53.3 Å². The predicted molar refractivity (Wildman–Crippen MR) is 90.1 cm³/mol. The van der Waals surface area contributed by atoms with Crippen LogP contribution in [0.3, 0.4) is 0 Å². The lowest BCUT2D eigenvalue weighted by atomic mass is 10.2. The van der Waals surface area contributed by atoms with E-state index >= 15 is 0 Å². The van der Waals surface area contributed by atoms with Crippen molar-refractivity contribution in [1.29, 1.82) is 0 Å². The third-order valence-electron chi connectivity index (χ3n) is 3.55. The molecule has 0 bridgehead atoms. The number of hydrogen-bond donors (Lipinski definition) is 1. The maximum Gasteiger partial charge on any atom is 0.285 e. The van der Waals surface area contributed by atoms with Crippen LogP contribution in [0.4, 0.5) is 4.39 Å². The predicted octanol–water partition coefficient (Wildman–Crippen LogP) is 1.95. The molecular formula is C16H14FN3O4S. The van der Waals surface area contributed by atoms with Crippen LogP contribution >= 0.6 is 0 Å². The van der Waals surface area contributed by atoms with Gasteiger partial charge in [0.1, 0.15) is 10.6 Å². The van der Waals surface area contributed by atoms with Crippen LogP contribution in [0.2, 0.25) is 0 Å². The lowest BCUT2D eigenvalue weighted by Gasteiger charge is -2.12. The molecule has 0 fully saturated rings. The van der Waals surface area contributed by atoms with Gasteiger partial charge in [-0.3, -0.25) is 0 Å². The topological polar surface area (TPSA) is 91.6 Å². The second-order valence-electron chi connectivity index (χ2n) is 5.23. The smallest absolute Gasteiger partial charge is 0.285 e. The third kappa shape index (κ3) is 3.18. The maximum absolute atomic E-state index is 13.4. The molecule has 0 unspecified atom stereocenters. The number of methoxy groups -OCH3 is 1. The number of ether oxygens (including phenoxy) is 1. The van der Waals surface area contributed by atoms with Gasteiger partial charge in [0.05, 0.1) is 13.3 Å². The van der Waals surface area contributed by atoms with Crippen LogP contribution in [0.15, 0.2) is 50.8 Å². The Balaban J connectivity index is 1.92. The standard InChI is InChI=1S/C16H14FN3O4S/c1-20(18-9-10-3-5-13(17)14(7-10)24-2)16-12-8-11(21)4-6-15(12)25(22,23)19-16/h3-9,21H,1-2H3/b18-9+. The molecule has 2 aromatic carbocycles. The van der Waals surface area contributed by atoms with Gasteiger partial charge in [-0.2, -0.15) is 13.5 Å². The average molecular weight is 363 g/mol. The van der Waals surface area contributed by atoms with Crippen molar-refractivity contribution in [1.82, 2.24) is 5.01 Å². The largest absolute Gasteiger partial charge is 0.508 e. The van der Waals surface area contributed by atoms with Gasteiger partial charge in [0.2, 0.25) is 0 Å². The number of sulfonamides is 1. The number of fused-ring (bicyclic) bond motifs is 1. The van der Waals surface area contributed by atoms with Crippen molar-refractivity contribution >= 4 is 22.1 Å². The van der Waals surface area contributed by atoms with Gasteiger partial charge in [-0.05, 0) is 35.9 Å². The number of halogens is 1. The van der Waals surface area contributed by atoms with Gasteiger partial charge in [0.25, 0.3) is 10.0 Å². The fourth-order valence-corrected chi connectivity index (χ4v) is 3.54. The first-order valence-electron chi connectivity index (χ1n) is 7.11. The van der Waals surface area contributed by atoms with E-state index in [1.54, 1.807) is 0 Å². The highest BCUT2D eigenvalue weighted by Crippen LogP contribution is 2.30. The van der Waals surface area contributed by atoms with Crippen molar-refractivity contribution in [3.63, 3.8) is 0 Å². The number of nitrogens with zero attached hydrogens (tertiary/aromatic N) is 3. The molecule has 25 heavy (non-hydrogen) atoms. The number of rotatable bonds is 3. The molecule has 1 heterocycles. The molecule has 3 rings (SSSR count). The van der Waals surface area contributed by atoms with E-state index in [9.17, 15) is 17.9 Å². The number of phenolic OH excluding ortho intramolecular Hbond substituents is 1. The third-order valence-corrected chi connectivity index (χ3v) is 4.88. The Hall–Kier alpha value is -2.94. The van der Waals surface area contributed by atoms with Crippen LogP contribution in [-0.4, -0.2) is 44.7 Å². The van der Waals surface area contributed by atoms with Crippen LogP contribution in [0.1, 0.15) is 11.1 Å². The Labute approximate surface area is 143 Å². The van der Waals surface area contributed by atoms with E-state index in [4.69, 9.17) is 4.74 Å². The Bertz CT molecular complexity index is 1000. The van der Waals surface area contributed by atoms with Crippen molar-refractivity contribution in [2.24, 2.45) is 9.50 Å². The summed E-state index contributed by atoms with van der Waals surface area (Å²) in [7, 11) is -0.951. The fourth-order valence-electron chi connectivity index (χ4n) is 2.33. The molecule has 0 saturated carbocycles. The highest BCUT2D eigenvalue weighted by Gasteiger charge is 2.31. The molecule has 2 aromatic rings. The molecule has 0 atom stereocenters. The van der Waals surface area contributed by atoms with Crippen molar-refractivity contribution in [3.8, 4) is 11.5 Å². The molecule has 7 nitrogen and oxygen atoms in total. The zero-order chi connectivity index (χ0) is 18.2. The number of aromatic hydroxyl groups is 1. The first-order valence-corrected chi connectivity index (χ1v) is 8.55. The van der Waals surface area contributed by atoms with Gasteiger partial charge in [-0.25, -0.2) is 9.40 Å². The number of hydrazone groups is 1. The minimum atomic E-state index is -3.82. The zero-order valence-electron chi connectivity index (χ0n) is 13.3. The minimum absolute atomic E-state index is 0.00537. The summed E-state index contributed by atoms with van der Waals surface area (Å²) >= 11 is 0. The summed E-state index contributed by atoms with van der Waals surface area (Å²) in [6.07, 6.45) is 1.41. The van der Waals surface area contributed by atoms with E-state index in [1.807, 2.05) is 0 Å². The first-order chi connectivity index (χ1) is 11.8. The summed E-state index contributed by atoms with van der Waals surface area (Å²) in [6, 6.07) is 8.08. The summed E-state index contributed by atoms with van der Waals surface area (Å²) in [5, 5.41) is 15.0. The second kappa shape index (κ2) is 6.17. The summed E-state index contributed by atoms with van der Waals surface area (Å²) in [6.45, 7) is 0. The number of hydrogen-bond acceptors (Lipinski definition) is 6. The van der Waals surface area contributed by atoms with Crippen molar-refractivity contribution in [2.75, 3.05) is 14.2 Å². The van der Waals surface area contributed by atoms with E-state index in [1.165, 1.54) is 61.8 Å². The molecule has 0 saturated heterocycles. The van der Waals surface area contributed by atoms with Crippen LogP contribution < -0.4 is 4.74 Å². The van der Waals surface area contributed by atoms with E-state index < -0.39 is 15.8 Å². The average Bonchev–Trinajstić information content (AvgIpc) is 2.84.